The summed E-state index contributed by atoms with van der Waals surface area (Å²) in [4.78, 5) is 2.26. The van der Waals surface area contributed by atoms with Crippen LogP contribution in [0.1, 0.15) is 25.7 Å². The Kier molecular flexibility index (Phi) is 1.29. The topological polar surface area (TPSA) is 29.3 Å². The first-order valence-corrected chi connectivity index (χ1v) is 4.20. The van der Waals surface area contributed by atoms with Gasteiger partial charge >= 0.3 is 0 Å². The van der Waals surface area contributed by atoms with E-state index in [1.54, 1.807) is 0 Å². The standard InChI is InChI=1S/C8H16N2/c1-10-6-8(7(10)9)4-2-3-5-8/h7H,2-6,9H2,1H3. The monoisotopic (exact) mass is 140 g/mol. The summed E-state index contributed by atoms with van der Waals surface area (Å²) < 4.78 is 0. The van der Waals surface area contributed by atoms with Gasteiger partial charge in [-0.2, -0.15) is 0 Å². The fourth-order valence-electron chi connectivity index (χ4n) is 2.58. The maximum absolute atomic E-state index is 5.99. The molecule has 2 nitrogen and oxygen atoms in total. The first-order valence-electron chi connectivity index (χ1n) is 4.20. The van der Waals surface area contributed by atoms with Crippen LogP contribution in [0.5, 0.6) is 0 Å². The second kappa shape index (κ2) is 1.95. The molecule has 0 aromatic rings. The number of likely N-dealkylation sites (tertiary alicyclic amines) is 1. The van der Waals surface area contributed by atoms with Gasteiger partial charge in [0.05, 0.1) is 6.17 Å². The summed E-state index contributed by atoms with van der Waals surface area (Å²) in [7, 11) is 2.12. The van der Waals surface area contributed by atoms with Crippen molar-refractivity contribution in [2.75, 3.05) is 13.6 Å². The number of rotatable bonds is 0. The van der Waals surface area contributed by atoms with E-state index in [0.717, 1.165) is 0 Å². The minimum Gasteiger partial charge on any atom is -0.315 e. The molecule has 0 amide bonds. The summed E-state index contributed by atoms with van der Waals surface area (Å²) in [5, 5.41) is 0. The third kappa shape index (κ3) is 0.663. The second-order valence-electron chi connectivity index (χ2n) is 3.93. The van der Waals surface area contributed by atoms with Crippen molar-refractivity contribution in [3.05, 3.63) is 0 Å². The Bertz CT molecular complexity index is 138. The molecule has 58 valence electrons. The zero-order valence-electron chi connectivity index (χ0n) is 6.64. The fraction of sp³-hybridized carbons (Fsp3) is 1.00. The van der Waals surface area contributed by atoms with E-state index >= 15 is 0 Å². The van der Waals surface area contributed by atoms with Gasteiger partial charge in [0, 0.05) is 12.0 Å². The van der Waals surface area contributed by atoms with Crippen molar-refractivity contribution in [1.82, 2.24) is 4.90 Å². The van der Waals surface area contributed by atoms with Crippen LogP contribution in [-0.2, 0) is 0 Å². The molecule has 0 aromatic carbocycles. The number of hydrogen-bond acceptors (Lipinski definition) is 2. The lowest BCUT2D eigenvalue weighted by atomic mass is 9.75. The smallest absolute Gasteiger partial charge is 0.0639 e. The molecule has 2 aliphatic rings. The maximum Gasteiger partial charge on any atom is 0.0639 e. The molecule has 0 aromatic heterocycles. The highest BCUT2D eigenvalue weighted by molar-refractivity contribution is 5.02. The van der Waals surface area contributed by atoms with Crippen LogP contribution >= 0.6 is 0 Å². The molecule has 10 heavy (non-hydrogen) atoms. The van der Waals surface area contributed by atoms with Crippen molar-refractivity contribution < 1.29 is 0 Å². The maximum atomic E-state index is 5.99. The van der Waals surface area contributed by atoms with Gasteiger partial charge < -0.3 is 5.73 Å². The van der Waals surface area contributed by atoms with Crippen LogP contribution in [0, 0.1) is 5.41 Å². The Morgan fingerprint density at radius 1 is 1.40 bits per heavy atom. The summed E-state index contributed by atoms with van der Waals surface area (Å²) in [5.74, 6) is 0. The van der Waals surface area contributed by atoms with Crippen LogP contribution in [0.3, 0.4) is 0 Å². The molecule has 1 heterocycles. The van der Waals surface area contributed by atoms with Gasteiger partial charge in [-0.3, -0.25) is 4.90 Å². The lowest BCUT2D eigenvalue weighted by Crippen LogP contribution is -2.66. The lowest BCUT2D eigenvalue weighted by molar-refractivity contribution is -0.0478. The molecule has 1 spiro atoms. The van der Waals surface area contributed by atoms with Gasteiger partial charge in [0.15, 0.2) is 0 Å². The molecule has 2 N–H and O–H groups in total. The quantitative estimate of drug-likeness (QED) is 0.538. The van der Waals surface area contributed by atoms with Crippen LogP contribution in [0.25, 0.3) is 0 Å². The highest BCUT2D eigenvalue weighted by Gasteiger charge is 2.49. The first kappa shape index (κ1) is 6.62. The Hall–Kier alpha value is -0.0800. The Morgan fingerprint density at radius 3 is 2.40 bits per heavy atom. The van der Waals surface area contributed by atoms with Crippen molar-refractivity contribution in [2.45, 2.75) is 31.8 Å². The molecule has 2 fully saturated rings. The molecule has 2 heteroatoms. The summed E-state index contributed by atoms with van der Waals surface area (Å²) in [6.45, 7) is 1.24. The van der Waals surface area contributed by atoms with Crippen LogP contribution < -0.4 is 5.73 Å². The summed E-state index contributed by atoms with van der Waals surface area (Å²) in [6.07, 6.45) is 5.93. The molecule has 1 saturated carbocycles. The number of nitrogens with two attached hydrogens (primary N) is 1. The van der Waals surface area contributed by atoms with Gasteiger partial charge in [0.1, 0.15) is 0 Å². The van der Waals surface area contributed by atoms with Crippen LogP contribution in [0.2, 0.25) is 0 Å². The van der Waals surface area contributed by atoms with Crippen LogP contribution in [0.15, 0.2) is 0 Å². The first-order chi connectivity index (χ1) is 4.75. The van der Waals surface area contributed by atoms with Crippen LogP contribution in [0.4, 0.5) is 0 Å². The molecule has 0 radical (unpaired) electrons. The minimum atomic E-state index is 0.370. The third-order valence-electron chi connectivity index (χ3n) is 3.27. The minimum absolute atomic E-state index is 0.370. The summed E-state index contributed by atoms with van der Waals surface area (Å²) >= 11 is 0. The highest BCUT2D eigenvalue weighted by Crippen LogP contribution is 2.47. The zero-order valence-corrected chi connectivity index (χ0v) is 6.64. The van der Waals surface area contributed by atoms with Gasteiger partial charge in [-0.05, 0) is 19.9 Å². The second-order valence-corrected chi connectivity index (χ2v) is 3.93. The Balaban J connectivity index is 2.05. The molecule has 1 aliphatic heterocycles. The highest BCUT2D eigenvalue weighted by atomic mass is 15.3. The summed E-state index contributed by atoms with van der Waals surface area (Å²) in [5.41, 5.74) is 6.54. The third-order valence-corrected chi connectivity index (χ3v) is 3.27. The van der Waals surface area contributed by atoms with E-state index in [0.29, 0.717) is 11.6 Å². The molecule has 1 atom stereocenters. The normalized spacial score (nSPS) is 38.4. The lowest BCUT2D eigenvalue weighted by Gasteiger charge is -2.52. The molecule has 2 rings (SSSR count). The van der Waals surface area contributed by atoms with E-state index in [1.807, 2.05) is 0 Å². The van der Waals surface area contributed by atoms with E-state index < -0.39 is 0 Å². The van der Waals surface area contributed by atoms with Gasteiger partial charge in [0.25, 0.3) is 0 Å². The predicted molar refractivity (Wildman–Crippen MR) is 41.5 cm³/mol. The molecular formula is C8H16N2. The fourth-order valence-corrected chi connectivity index (χ4v) is 2.58. The average Bonchev–Trinajstić information content (AvgIpc) is 2.38. The van der Waals surface area contributed by atoms with E-state index in [9.17, 15) is 0 Å². The van der Waals surface area contributed by atoms with E-state index in [2.05, 4.69) is 11.9 Å². The van der Waals surface area contributed by atoms with Crippen molar-refractivity contribution >= 4 is 0 Å². The molecular weight excluding hydrogens is 124 g/mol. The van der Waals surface area contributed by atoms with Gasteiger partial charge in [0.2, 0.25) is 0 Å². The van der Waals surface area contributed by atoms with Crippen molar-refractivity contribution in [3.63, 3.8) is 0 Å². The Morgan fingerprint density at radius 2 is 2.00 bits per heavy atom. The van der Waals surface area contributed by atoms with E-state index in [-0.39, 0.29) is 0 Å². The van der Waals surface area contributed by atoms with Crippen molar-refractivity contribution in [2.24, 2.45) is 11.1 Å². The molecule has 0 bridgehead atoms. The Labute approximate surface area is 62.4 Å². The molecule has 1 saturated heterocycles. The van der Waals surface area contributed by atoms with Crippen molar-refractivity contribution in [3.8, 4) is 0 Å². The summed E-state index contributed by atoms with van der Waals surface area (Å²) in [6, 6.07) is 0. The van der Waals surface area contributed by atoms with E-state index in [1.165, 1.54) is 32.2 Å². The largest absolute Gasteiger partial charge is 0.315 e. The van der Waals surface area contributed by atoms with Gasteiger partial charge in [-0.25, -0.2) is 0 Å². The van der Waals surface area contributed by atoms with Gasteiger partial charge in [-0.1, -0.05) is 12.8 Å². The van der Waals surface area contributed by atoms with Gasteiger partial charge in [-0.15, -0.1) is 0 Å². The van der Waals surface area contributed by atoms with E-state index in [4.69, 9.17) is 5.73 Å². The number of hydrogen-bond donors (Lipinski definition) is 1. The SMILES string of the molecule is CN1CC2(CCCC2)C1N. The molecule has 1 aliphatic carbocycles. The molecule has 1 unspecified atom stereocenters. The zero-order chi connectivity index (χ0) is 7.19. The van der Waals surface area contributed by atoms with Crippen LogP contribution in [-0.4, -0.2) is 24.7 Å². The number of nitrogens with zero attached hydrogens (tertiary/aromatic N) is 1. The predicted octanol–water partition coefficient (Wildman–Crippen LogP) is 0.777. The average molecular weight is 140 g/mol. The van der Waals surface area contributed by atoms with Crippen molar-refractivity contribution in [1.29, 1.82) is 0 Å².